The van der Waals surface area contributed by atoms with E-state index in [9.17, 15) is 9.59 Å². The van der Waals surface area contributed by atoms with Crippen LogP contribution in [0.4, 0.5) is 4.79 Å². The minimum Gasteiger partial charge on any atom is -0.337 e. The largest absolute Gasteiger partial charge is 0.337 e. The zero-order valence-corrected chi connectivity index (χ0v) is 15.8. The fourth-order valence-electron chi connectivity index (χ4n) is 3.67. The standard InChI is InChI=1S/C19H29N3O2S/c1-14-4-6-15(7-5-14)22(16-8-9-16)13-18(23)21-19(24)20-11-10-17-3-2-12-25-17/h2-3,12,14-16H,4-11,13H2,1H3,(H2,20,21,23,24). The Morgan fingerprint density at radius 2 is 1.84 bits per heavy atom. The van der Waals surface area contributed by atoms with E-state index in [1.807, 2.05) is 17.5 Å². The maximum atomic E-state index is 12.3. The van der Waals surface area contributed by atoms with Gasteiger partial charge in [-0.2, -0.15) is 0 Å². The van der Waals surface area contributed by atoms with Crippen LogP contribution in [0, 0.1) is 5.92 Å². The van der Waals surface area contributed by atoms with E-state index < -0.39 is 0 Å². The second-order valence-electron chi connectivity index (χ2n) is 7.45. The quantitative estimate of drug-likeness (QED) is 0.782. The molecule has 0 spiro atoms. The third kappa shape index (κ3) is 5.82. The van der Waals surface area contributed by atoms with E-state index in [1.54, 1.807) is 11.3 Å². The summed E-state index contributed by atoms with van der Waals surface area (Å²) in [7, 11) is 0. The molecule has 0 saturated heterocycles. The summed E-state index contributed by atoms with van der Waals surface area (Å²) < 4.78 is 0. The van der Waals surface area contributed by atoms with Crippen molar-refractivity contribution < 1.29 is 9.59 Å². The van der Waals surface area contributed by atoms with E-state index in [-0.39, 0.29) is 11.9 Å². The maximum absolute atomic E-state index is 12.3. The first-order valence-electron chi connectivity index (χ1n) is 9.47. The number of carbonyl (C=O) groups is 2. The van der Waals surface area contributed by atoms with Crippen LogP contribution in [-0.4, -0.2) is 42.0 Å². The molecule has 2 aliphatic carbocycles. The second-order valence-corrected chi connectivity index (χ2v) is 8.48. The van der Waals surface area contributed by atoms with Crippen molar-refractivity contribution in [1.82, 2.24) is 15.5 Å². The van der Waals surface area contributed by atoms with Gasteiger partial charge in [-0.05, 0) is 62.3 Å². The number of rotatable bonds is 7. The van der Waals surface area contributed by atoms with Crippen molar-refractivity contribution in [1.29, 1.82) is 0 Å². The highest BCUT2D eigenvalue weighted by Crippen LogP contribution is 2.34. The molecular weight excluding hydrogens is 334 g/mol. The van der Waals surface area contributed by atoms with Crippen molar-refractivity contribution in [3.05, 3.63) is 22.4 Å². The van der Waals surface area contributed by atoms with Crippen LogP contribution in [0.25, 0.3) is 0 Å². The van der Waals surface area contributed by atoms with Gasteiger partial charge in [0.25, 0.3) is 0 Å². The first kappa shape index (κ1) is 18.4. The molecule has 138 valence electrons. The van der Waals surface area contributed by atoms with Gasteiger partial charge < -0.3 is 5.32 Å². The van der Waals surface area contributed by atoms with Gasteiger partial charge in [-0.3, -0.25) is 15.0 Å². The van der Waals surface area contributed by atoms with E-state index in [2.05, 4.69) is 22.5 Å². The van der Waals surface area contributed by atoms with Gasteiger partial charge in [0.05, 0.1) is 6.54 Å². The number of imide groups is 1. The lowest BCUT2D eigenvalue weighted by molar-refractivity contribution is -0.122. The van der Waals surface area contributed by atoms with Crippen molar-refractivity contribution in [2.24, 2.45) is 5.92 Å². The Balaban J connectivity index is 1.39. The first-order chi connectivity index (χ1) is 12.1. The highest BCUT2D eigenvalue weighted by molar-refractivity contribution is 7.09. The molecule has 1 aromatic heterocycles. The van der Waals surface area contributed by atoms with Gasteiger partial charge in [0.1, 0.15) is 0 Å². The fraction of sp³-hybridized carbons (Fsp3) is 0.684. The van der Waals surface area contributed by atoms with E-state index in [1.165, 1.54) is 43.4 Å². The molecule has 0 atom stereocenters. The first-order valence-corrected chi connectivity index (χ1v) is 10.4. The Bertz CT molecular complexity index is 563. The van der Waals surface area contributed by atoms with Crippen LogP contribution in [0.3, 0.4) is 0 Å². The molecule has 0 aliphatic heterocycles. The molecule has 0 bridgehead atoms. The summed E-state index contributed by atoms with van der Waals surface area (Å²) in [5, 5.41) is 7.29. The number of hydrogen-bond acceptors (Lipinski definition) is 4. The van der Waals surface area contributed by atoms with Gasteiger partial charge in [0, 0.05) is 23.5 Å². The van der Waals surface area contributed by atoms with Crippen molar-refractivity contribution in [2.45, 2.75) is 64.0 Å². The third-order valence-electron chi connectivity index (χ3n) is 5.29. The lowest BCUT2D eigenvalue weighted by atomic mass is 9.86. The molecule has 3 amide bonds. The molecule has 0 radical (unpaired) electrons. The number of nitrogens with one attached hydrogen (secondary N) is 2. The smallest absolute Gasteiger partial charge is 0.321 e. The fourth-order valence-corrected chi connectivity index (χ4v) is 4.38. The van der Waals surface area contributed by atoms with Crippen molar-refractivity contribution in [2.75, 3.05) is 13.1 Å². The second kappa shape index (κ2) is 8.81. The normalized spacial score (nSPS) is 23.4. The monoisotopic (exact) mass is 363 g/mol. The predicted octanol–water partition coefficient (Wildman–Crippen LogP) is 3.16. The van der Waals surface area contributed by atoms with Crippen LogP contribution >= 0.6 is 11.3 Å². The molecule has 1 aromatic rings. The molecule has 2 aliphatic rings. The van der Waals surface area contributed by atoms with Crippen LogP contribution in [0.2, 0.25) is 0 Å². The van der Waals surface area contributed by atoms with Crippen LogP contribution in [0.5, 0.6) is 0 Å². The molecular formula is C19H29N3O2S. The number of nitrogens with zero attached hydrogens (tertiary/aromatic N) is 1. The molecule has 25 heavy (non-hydrogen) atoms. The van der Waals surface area contributed by atoms with Crippen LogP contribution < -0.4 is 10.6 Å². The van der Waals surface area contributed by atoms with E-state index in [0.717, 1.165) is 12.3 Å². The van der Waals surface area contributed by atoms with Crippen LogP contribution in [0.1, 0.15) is 50.3 Å². The Kier molecular flexibility index (Phi) is 6.48. The SMILES string of the molecule is CC1CCC(N(CC(=O)NC(=O)NCCc2cccs2)C2CC2)CC1. The number of hydrogen-bond donors (Lipinski definition) is 2. The highest BCUT2D eigenvalue weighted by Gasteiger charge is 2.36. The molecule has 5 nitrogen and oxygen atoms in total. The van der Waals surface area contributed by atoms with Crippen LogP contribution in [0.15, 0.2) is 17.5 Å². The molecule has 6 heteroatoms. The van der Waals surface area contributed by atoms with Gasteiger partial charge in [-0.25, -0.2) is 4.79 Å². The van der Waals surface area contributed by atoms with Gasteiger partial charge in [-0.1, -0.05) is 13.0 Å². The number of urea groups is 1. The zero-order chi connectivity index (χ0) is 17.6. The summed E-state index contributed by atoms with van der Waals surface area (Å²) >= 11 is 1.68. The molecule has 1 heterocycles. The average Bonchev–Trinajstić information content (AvgIpc) is 3.30. The van der Waals surface area contributed by atoms with Crippen molar-refractivity contribution in [3.8, 4) is 0 Å². The minimum atomic E-state index is -0.380. The lowest BCUT2D eigenvalue weighted by Gasteiger charge is -2.35. The van der Waals surface area contributed by atoms with E-state index >= 15 is 0 Å². The predicted molar refractivity (Wildman–Crippen MR) is 101 cm³/mol. The van der Waals surface area contributed by atoms with Gasteiger partial charge in [0.2, 0.25) is 5.91 Å². The molecule has 2 N–H and O–H groups in total. The molecule has 2 fully saturated rings. The average molecular weight is 364 g/mol. The molecule has 3 rings (SSSR count). The number of carbonyl (C=O) groups excluding carboxylic acids is 2. The topological polar surface area (TPSA) is 61.4 Å². The highest BCUT2D eigenvalue weighted by atomic mass is 32.1. The zero-order valence-electron chi connectivity index (χ0n) is 15.0. The summed E-state index contributed by atoms with van der Waals surface area (Å²) in [5.74, 6) is 0.624. The summed E-state index contributed by atoms with van der Waals surface area (Å²) in [6, 6.07) is 4.73. The van der Waals surface area contributed by atoms with Gasteiger partial charge in [-0.15, -0.1) is 11.3 Å². The van der Waals surface area contributed by atoms with E-state index in [4.69, 9.17) is 0 Å². The lowest BCUT2D eigenvalue weighted by Crippen LogP contribution is -2.48. The van der Waals surface area contributed by atoms with E-state index in [0.29, 0.717) is 25.2 Å². The number of thiophene rings is 1. The molecule has 0 aromatic carbocycles. The summed E-state index contributed by atoms with van der Waals surface area (Å²) in [5.41, 5.74) is 0. The Hall–Kier alpha value is -1.40. The van der Waals surface area contributed by atoms with Gasteiger partial charge >= 0.3 is 6.03 Å². The summed E-state index contributed by atoms with van der Waals surface area (Å²) in [4.78, 5) is 27.8. The summed E-state index contributed by atoms with van der Waals surface area (Å²) in [6.45, 7) is 3.21. The Labute approximate surface area is 154 Å². The molecule has 2 saturated carbocycles. The third-order valence-corrected chi connectivity index (χ3v) is 6.22. The number of amides is 3. The Morgan fingerprint density at radius 1 is 1.16 bits per heavy atom. The molecule has 0 unspecified atom stereocenters. The summed E-state index contributed by atoms with van der Waals surface area (Å²) in [6.07, 6.45) is 8.03. The van der Waals surface area contributed by atoms with Gasteiger partial charge in [0.15, 0.2) is 0 Å². The minimum absolute atomic E-state index is 0.181. The maximum Gasteiger partial charge on any atom is 0.321 e. The van der Waals surface area contributed by atoms with Crippen LogP contribution in [-0.2, 0) is 11.2 Å². The van der Waals surface area contributed by atoms with Crippen molar-refractivity contribution in [3.63, 3.8) is 0 Å². The Morgan fingerprint density at radius 3 is 2.44 bits per heavy atom. The van der Waals surface area contributed by atoms with Crippen molar-refractivity contribution >= 4 is 23.3 Å².